The van der Waals surface area contributed by atoms with Gasteiger partial charge < -0.3 is 9.47 Å². The summed E-state index contributed by atoms with van der Waals surface area (Å²) in [6.07, 6.45) is 19.4. The fourth-order valence-corrected chi connectivity index (χ4v) is 5.95. The van der Waals surface area contributed by atoms with Crippen LogP contribution in [0.1, 0.15) is 139 Å². The number of esters is 1. The number of carbonyl (C=O) groups excluding carboxylic acids is 1. The summed E-state index contributed by atoms with van der Waals surface area (Å²) in [5.41, 5.74) is 2.12. The molecule has 0 amide bonds. The Morgan fingerprint density at radius 3 is 2.00 bits per heavy atom. The van der Waals surface area contributed by atoms with Gasteiger partial charge >= 0.3 is 5.97 Å². The molecule has 1 fully saturated rings. The molecule has 0 radical (unpaired) electrons. The zero-order valence-corrected chi connectivity index (χ0v) is 24.5. The second kappa shape index (κ2) is 17.4. The van der Waals surface area contributed by atoms with E-state index in [2.05, 4.69) is 26.0 Å². The third-order valence-electron chi connectivity index (χ3n) is 8.39. The zero-order chi connectivity index (χ0) is 27.8. The first-order chi connectivity index (χ1) is 19.1. The van der Waals surface area contributed by atoms with Crippen LogP contribution in [0.4, 0.5) is 4.39 Å². The Bertz CT molecular complexity index is 931. The molecule has 216 valence electrons. The number of halogens is 1. The highest BCUT2D eigenvalue weighted by Crippen LogP contribution is 2.44. The molecule has 4 heteroatoms. The van der Waals surface area contributed by atoms with Crippen molar-refractivity contribution >= 4 is 5.97 Å². The zero-order valence-electron chi connectivity index (χ0n) is 24.5. The fraction of sp³-hybridized carbons (Fsp3) is 0.629. The lowest BCUT2D eigenvalue weighted by Crippen LogP contribution is -2.29. The number of alkyl halides is 1. The number of unbranched alkanes of at least 4 members (excludes halogenated alkanes) is 8. The normalized spacial score (nSPS) is 15.6. The van der Waals surface area contributed by atoms with Gasteiger partial charge in [0, 0.05) is 0 Å². The van der Waals surface area contributed by atoms with Crippen LogP contribution in [-0.2, 0) is 5.41 Å². The molecule has 1 atom stereocenters. The molecule has 1 unspecified atom stereocenters. The monoisotopic (exact) mass is 538 g/mol. The van der Waals surface area contributed by atoms with Gasteiger partial charge in [0.25, 0.3) is 0 Å². The summed E-state index contributed by atoms with van der Waals surface area (Å²) in [6, 6.07) is 15.0. The maximum Gasteiger partial charge on any atom is 0.343 e. The van der Waals surface area contributed by atoms with E-state index >= 15 is 0 Å². The Morgan fingerprint density at radius 2 is 1.36 bits per heavy atom. The highest BCUT2D eigenvalue weighted by Gasteiger charge is 2.33. The van der Waals surface area contributed by atoms with Gasteiger partial charge in [-0.2, -0.15) is 0 Å². The van der Waals surface area contributed by atoms with Gasteiger partial charge in [0.2, 0.25) is 0 Å². The van der Waals surface area contributed by atoms with Gasteiger partial charge in [-0.15, -0.1) is 0 Å². The largest absolute Gasteiger partial charge is 0.491 e. The van der Waals surface area contributed by atoms with Crippen molar-refractivity contribution in [2.45, 2.75) is 135 Å². The minimum atomic E-state index is -0.965. The van der Waals surface area contributed by atoms with Crippen LogP contribution in [0.25, 0.3) is 0 Å². The maximum atomic E-state index is 14.1. The molecule has 1 aliphatic carbocycles. The molecule has 3 nitrogen and oxygen atoms in total. The average Bonchev–Trinajstić information content (AvgIpc) is 2.97. The van der Waals surface area contributed by atoms with Gasteiger partial charge in [0.15, 0.2) is 0 Å². The molecule has 0 N–H and O–H groups in total. The van der Waals surface area contributed by atoms with Crippen molar-refractivity contribution in [2.75, 3.05) is 6.61 Å². The summed E-state index contributed by atoms with van der Waals surface area (Å²) in [5.74, 6) is 0.738. The van der Waals surface area contributed by atoms with E-state index < -0.39 is 12.1 Å². The second-order valence-electron chi connectivity index (χ2n) is 11.6. The highest BCUT2D eigenvalue weighted by atomic mass is 19.1. The molecule has 0 aromatic heterocycles. The number of rotatable bonds is 18. The predicted molar refractivity (Wildman–Crippen MR) is 160 cm³/mol. The van der Waals surface area contributed by atoms with Crippen LogP contribution in [0.15, 0.2) is 48.5 Å². The molecule has 0 heterocycles. The Hall–Kier alpha value is -2.36. The van der Waals surface area contributed by atoms with Crippen molar-refractivity contribution in [2.24, 2.45) is 0 Å². The standard InChI is InChI=1S/C35H51FO3/c1-3-5-7-9-12-16-31(36)28-38-32-21-17-29(18-22-32)34(37)39-33-23-19-30(20-24-33)35(26-14-11-15-27-35)25-13-10-8-6-4-2/h17-24,31H,3-16,25-28H2,1-2H3. The summed E-state index contributed by atoms with van der Waals surface area (Å²) in [4.78, 5) is 12.7. The molecule has 2 aromatic carbocycles. The number of ether oxygens (including phenoxy) is 2. The summed E-state index contributed by atoms with van der Waals surface area (Å²) >= 11 is 0. The van der Waals surface area contributed by atoms with E-state index in [0.29, 0.717) is 23.5 Å². The van der Waals surface area contributed by atoms with Crippen LogP contribution < -0.4 is 9.47 Å². The number of benzene rings is 2. The van der Waals surface area contributed by atoms with Crippen molar-refractivity contribution in [3.63, 3.8) is 0 Å². The second-order valence-corrected chi connectivity index (χ2v) is 11.6. The minimum Gasteiger partial charge on any atom is -0.491 e. The van der Waals surface area contributed by atoms with Gasteiger partial charge in [-0.25, -0.2) is 9.18 Å². The van der Waals surface area contributed by atoms with E-state index in [9.17, 15) is 9.18 Å². The molecule has 39 heavy (non-hydrogen) atoms. The quantitative estimate of drug-likeness (QED) is 0.108. The van der Waals surface area contributed by atoms with Gasteiger partial charge in [0.1, 0.15) is 24.3 Å². The van der Waals surface area contributed by atoms with E-state index in [1.54, 1.807) is 24.3 Å². The first kappa shape index (κ1) is 31.2. The molecule has 0 saturated heterocycles. The molecule has 1 saturated carbocycles. The lowest BCUT2D eigenvalue weighted by molar-refractivity contribution is 0.0734. The molecular formula is C35H51FO3. The van der Waals surface area contributed by atoms with Crippen molar-refractivity contribution in [3.05, 3.63) is 59.7 Å². The Kier molecular flexibility index (Phi) is 13.9. The van der Waals surface area contributed by atoms with E-state index in [1.165, 1.54) is 95.5 Å². The first-order valence-electron chi connectivity index (χ1n) is 15.8. The van der Waals surface area contributed by atoms with E-state index in [4.69, 9.17) is 9.47 Å². The van der Waals surface area contributed by atoms with Crippen LogP contribution in [0.3, 0.4) is 0 Å². The maximum absolute atomic E-state index is 14.1. The van der Waals surface area contributed by atoms with Gasteiger partial charge in [-0.05, 0) is 73.1 Å². The molecule has 0 bridgehead atoms. The summed E-state index contributed by atoms with van der Waals surface area (Å²) in [7, 11) is 0. The van der Waals surface area contributed by atoms with Gasteiger partial charge in [-0.3, -0.25) is 0 Å². The lowest BCUT2D eigenvalue weighted by atomic mass is 9.66. The Balaban J connectivity index is 1.48. The molecule has 1 aliphatic rings. The third kappa shape index (κ3) is 10.6. The summed E-state index contributed by atoms with van der Waals surface area (Å²) < 4.78 is 25.4. The average molecular weight is 539 g/mol. The Morgan fingerprint density at radius 1 is 0.769 bits per heavy atom. The fourth-order valence-electron chi connectivity index (χ4n) is 5.95. The van der Waals surface area contributed by atoms with Crippen molar-refractivity contribution in [3.8, 4) is 11.5 Å². The summed E-state index contributed by atoms with van der Waals surface area (Å²) in [6.45, 7) is 4.49. The van der Waals surface area contributed by atoms with Crippen molar-refractivity contribution < 1.29 is 18.7 Å². The number of hydrogen-bond acceptors (Lipinski definition) is 3. The minimum absolute atomic E-state index is 0.0458. The predicted octanol–water partition coefficient (Wildman–Crippen LogP) is 10.5. The van der Waals surface area contributed by atoms with Crippen LogP contribution in [0.5, 0.6) is 11.5 Å². The molecule has 3 rings (SSSR count). The van der Waals surface area contributed by atoms with E-state index in [1.807, 2.05) is 12.1 Å². The first-order valence-corrected chi connectivity index (χ1v) is 15.8. The third-order valence-corrected chi connectivity index (χ3v) is 8.39. The van der Waals surface area contributed by atoms with E-state index in [-0.39, 0.29) is 12.0 Å². The highest BCUT2D eigenvalue weighted by molar-refractivity contribution is 5.91. The van der Waals surface area contributed by atoms with Crippen LogP contribution in [0.2, 0.25) is 0 Å². The SMILES string of the molecule is CCCCCCCC(F)COc1ccc(C(=O)Oc2ccc(C3(CCCCCCC)CCCCC3)cc2)cc1. The van der Waals surface area contributed by atoms with Gasteiger partial charge in [-0.1, -0.05) is 109 Å². The van der Waals surface area contributed by atoms with Gasteiger partial charge in [0.05, 0.1) is 5.56 Å². The molecule has 0 aliphatic heterocycles. The van der Waals surface area contributed by atoms with Crippen LogP contribution in [-0.4, -0.2) is 18.7 Å². The van der Waals surface area contributed by atoms with Crippen LogP contribution in [0, 0.1) is 0 Å². The Labute approximate surface area is 236 Å². The smallest absolute Gasteiger partial charge is 0.343 e. The topological polar surface area (TPSA) is 35.5 Å². The van der Waals surface area contributed by atoms with Crippen molar-refractivity contribution in [1.29, 1.82) is 0 Å². The van der Waals surface area contributed by atoms with Crippen molar-refractivity contribution in [1.82, 2.24) is 0 Å². The van der Waals surface area contributed by atoms with Crippen LogP contribution >= 0.6 is 0 Å². The number of carbonyl (C=O) groups is 1. The summed E-state index contributed by atoms with van der Waals surface area (Å²) in [5, 5.41) is 0. The lowest BCUT2D eigenvalue weighted by Gasteiger charge is -2.38. The molecular weight excluding hydrogens is 487 g/mol. The molecule has 2 aromatic rings. The number of hydrogen-bond donors (Lipinski definition) is 0. The molecule has 0 spiro atoms. The van der Waals surface area contributed by atoms with E-state index in [0.717, 1.165) is 12.8 Å².